The molecule has 0 saturated heterocycles. The summed E-state index contributed by atoms with van der Waals surface area (Å²) in [5, 5.41) is 8.31. The number of benzene rings is 2. The van der Waals surface area contributed by atoms with Gasteiger partial charge in [0.05, 0.1) is 12.2 Å². The van der Waals surface area contributed by atoms with Gasteiger partial charge in [0.2, 0.25) is 16.7 Å². The molecule has 1 atom stereocenters. The Morgan fingerprint density at radius 3 is 2.48 bits per heavy atom. The van der Waals surface area contributed by atoms with E-state index in [2.05, 4.69) is 10.4 Å². The van der Waals surface area contributed by atoms with Crippen LogP contribution >= 0.6 is 11.8 Å². The number of amides is 3. The molecule has 29 heavy (non-hydrogen) atoms. The summed E-state index contributed by atoms with van der Waals surface area (Å²) in [6, 6.07) is 15.3. The smallest absolute Gasteiger partial charge is 0.271 e. The number of rotatable bonds is 2. The lowest BCUT2D eigenvalue weighted by Crippen LogP contribution is -2.48. The fourth-order valence-electron chi connectivity index (χ4n) is 3.77. The van der Waals surface area contributed by atoms with Crippen molar-refractivity contribution in [2.75, 3.05) is 4.90 Å². The monoisotopic (exact) mass is 408 g/mol. The molecular formula is C21H20N4O3S. The van der Waals surface area contributed by atoms with Gasteiger partial charge in [-0.2, -0.15) is 5.01 Å². The number of aryl methyl sites for hydroxylation is 1. The second-order valence-electron chi connectivity index (χ2n) is 7.01. The second-order valence-corrected chi connectivity index (χ2v) is 8.19. The molecule has 148 valence electrons. The lowest BCUT2D eigenvalue weighted by atomic mass is 10.0. The van der Waals surface area contributed by atoms with Gasteiger partial charge in [0, 0.05) is 19.4 Å². The maximum absolute atomic E-state index is 13.8. The highest BCUT2D eigenvalue weighted by molar-refractivity contribution is 8.15. The third-order valence-corrected chi connectivity index (χ3v) is 6.15. The van der Waals surface area contributed by atoms with E-state index in [0.29, 0.717) is 12.1 Å². The van der Waals surface area contributed by atoms with E-state index >= 15 is 0 Å². The van der Waals surface area contributed by atoms with Crippen molar-refractivity contribution in [3.63, 3.8) is 0 Å². The minimum absolute atomic E-state index is 0.232. The third-order valence-electron chi connectivity index (χ3n) is 4.91. The van der Waals surface area contributed by atoms with E-state index in [4.69, 9.17) is 0 Å². The molecule has 0 aliphatic carbocycles. The van der Waals surface area contributed by atoms with Gasteiger partial charge in [-0.15, -0.1) is 5.10 Å². The largest absolute Gasteiger partial charge is 0.304 e. The molecule has 2 aromatic rings. The lowest BCUT2D eigenvalue weighted by Gasteiger charge is -2.29. The van der Waals surface area contributed by atoms with Crippen molar-refractivity contribution in [1.82, 2.24) is 10.3 Å². The van der Waals surface area contributed by atoms with Crippen molar-refractivity contribution >= 4 is 40.3 Å². The minimum atomic E-state index is -1.36. The van der Waals surface area contributed by atoms with Gasteiger partial charge < -0.3 is 10.2 Å². The summed E-state index contributed by atoms with van der Waals surface area (Å²) < 4.78 is 0. The van der Waals surface area contributed by atoms with Gasteiger partial charge >= 0.3 is 0 Å². The topological polar surface area (TPSA) is 82.1 Å². The molecule has 0 saturated carbocycles. The zero-order valence-electron chi connectivity index (χ0n) is 16.3. The van der Waals surface area contributed by atoms with E-state index in [9.17, 15) is 14.4 Å². The van der Waals surface area contributed by atoms with Crippen molar-refractivity contribution in [1.29, 1.82) is 0 Å². The highest BCUT2D eigenvalue weighted by Gasteiger charge is 2.61. The summed E-state index contributed by atoms with van der Waals surface area (Å²) in [4.78, 5) is 38.2. The van der Waals surface area contributed by atoms with Gasteiger partial charge in [0.25, 0.3) is 5.91 Å². The van der Waals surface area contributed by atoms with Crippen LogP contribution in [0.4, 0.5) is 5.69 Å². The van der Waals surface area contributed by atoms with Gasteiger partial charge in [0.1, 0.15) is 0 Å². The number of carbonyl (C=O) groups is 3. The van der Waals surface area contributed by atoms with Crippen LogP contribution in [0.15, 0.2) is 53.6 Å². The summed E-state index contributed by atoms with van der Waals surface area (Å²) >= 11 is 1.09. The second kappa shape index (κ2) is 7.04. The summed E-state index contributed by atoms with van der Waals surface area (Å²) in [5.74, 6) is -0.942. The van der Waals surface area contributed by atoms with Crippen molar-refractivity contribution in [3.8, 4) is 0 Å². The van der Waals surface area contributed by atoms with Gasteiger partial charge in [-0.3, -0.25) is 14.4 Å². The Kier molecular flexibility index (Phi) is 4.66. The molecule has 0 unspecified atom stereocenters. The summed E-state index contributed by atoms with van der Waals surface area (Å²) in [6.45, 7) is 5.05. The van der Waals surface area contributed by atoms with Crippen LogP contribution in [0, 0.1) is 6.92 Å². The standard InChI is InChI=1S/C21H20N4O3S/c1-13-8-7-11-17-18(13)24(12-16-9-5-4-6-10-16)19(28)21(17)25(15(3)27)23-20(29-21)22-14(2)26/h4-11H,12H2,1-3H3,(H,22,23,26)/t21-/m1/s1. The third kappa shape index (κ3) is 3.00. The zero-order chi connectivity index (χ0) is 20.8. The Bertz CT molecular complexity index is 1050. The molecule has 1 N–H and O–H groups in total. The number of nitrogens with zero attached hydrogens (tertiary/aromatic N) is 3. The SMILES string of the molecule is CC(=O)NC1=NN(C(C)=O)[C@]2(S1)C(=O)N(Cc1ccccc1)c1c(C)cccc12. The van der Waals surface area contributed by atoms with Gasteiger partial charge in [-0.05, 0) is 29.8 Å². The van der Waals surface area contributed by atoms with Crippen molar-refractivity contribution in [3.05, 3.63) is 65.2 Å². The number of hydrogen-bond acceptors (Lipinski definition) is 5. The molecule has 3 amide bonds. The van der Waals surface area contributed by atoms with E-state index in [0.717, 1.165) is 28.6 Å². The Morgan fingerprint density at radius 1 is 1.10 bits per heavy atom. The molecule has 0 radical (unpaired) electrons. The number of para-hydroxylation sites is 1. The van der Waals surface area contributed by atoms with Gasteiger partial charge in [-0.1, -0.05) is 48.5 Å². The number of carbonyl (C=O) groups excluding carboxylic acids is 3. The average Bonchev–Trinajstić information content (AvgIpc) is 3.16. The molecule has 4 rings (SSSR count). The van der Waals surface area contributed by atoms with E-state index in [1.54, 1.807) is 4.90 Å². The highest BCUT2D eigenvalue weighted by atomic mass is 32.2. The molecular weight excluding hydrogens is 388 g/mol. The maximum atomic E-state index is 13.8. The number of thioether (sulfide) groups is 1. The molecule has 8 heteroatoms. The number of nitrogens with one attached hydrogen (secondary N) is 1. The quantitative estimate of drug-likeness (QED) is 0.828. The van der Waals surface area contributed by atoms with Crippen LogP contribution in [0.3, 0.4) is 0 Å². The van der Waals surface area contributed by atoms with E-state index in [1.165, 1.54) is 18.9 Å². The molecule has 0 bridgehead atoms. The fraction of sp³-hybridized carbons (Fsp3) is 0.238. The van der Waals surface area contributed by atoms with Crippen molar-refractivity contribution in [2.24, 2.45) is 5.10 Å². The molecule has 2 heterocycles. The minimum Gasteiger partial charge on any atom is -0.304 e. The first-order valence-electron chi connectivity index (χ1n) is 9.16. The average molecular weight is 408 g/mol. The Morgan fingerprint density at radius 2 is 1.83 bits per heavy atom. The zero-order valence-corrected chi connectivity index (χ0v) is 17.1. The maximum Gasteiger partial charge on any atom is 0.271 e. The molecule has 7 nitrogen and oxygen atoms in total. The van der Waals surface area contributed by atoms with Gasteiger partial charge in [-0.25, -0.2) is 0 Å². The normalized spacial score (nSPS) is 20.1. The molecule has 1 spiro atoms. The van der Waals surface area contributed by atoms with Crippen LogP contribution in [-0.4, -0.2) is 27.9 Å². The number of hydrogen-bond donors (Lipinski definition) is 1. The molecule has 0 fully saturated rings. The Labute approximate surface area is 172 Å². The van der Waals surface area contributed by atoms with Gasteiger partial charge in [0.15, 0.2) is 5.17 Å². The van der Waals surface area contributed by atoms with E-state index in [1.807, 2.05) is 55.5 Å². The molecule has 0 aromatic heterocycles. The first-order valence-corrected chi connectivity index (χ1v) is 9.98. The van der Waals surface area contributed by atoms with Crippen LogP contribution < -0.4 is 10.2 Å². The predicted octanol–water partition coefficient (Wildman–Crippen LogP) is 2.70. The van der Waals surface area contributed by atoms with Crippen LogP contribution in [0.5, 0.6) is 0 Å². The number of anilines is 1. The summed E-state index contributed by atoms with van der Waals surface area (Å²) in [6.07, 6.45) is 0. The summed E-state index contributed by atoms with van der Waals surface area (Å²) in [7, 11) is 0. The molecule has 2 aliphatic heterocycles. The first-order chi connectivity index (χ1) is 13.8. The van der Waals surface area contributed by atoms with E-state index < -0.39 is 4.87 Å². The lowest BCUT2D eigenvalue weighted by molar-refractivity contribution is -0.139. The molecule has 2 aromatic carbocycles. The number of hydrazone groups is 1. The molecule has 2 aliphatic rings. The Hall–Kier alpha value is -3.13. The summed E-state index contributed by atoms with van der Waals surface area (Å²) in [5.41, 5.74) is 3.38. The number of fused-ring (bicyclic) bond motifs is 2. The van der Waals surface area contributed by atoms with Crippen molar-refractivity contribution < 1.29 is 14.4 Å². The van der Waals surface area contributed by atoms with Crippen LogP contribution in [-0.2, 0) is 25.8 Å². The van der Waals surface area contributed by atoms with Crippen LogP contribution in [0.2, 0.25) is 0 Å². The van der Waals surface area contributed by atoms with Crippen LogP contribution in [0.25, 0.3) is 0 Å². The fourth-order valence-corrected chi connectivity index (χ4v) is 5.09. The van der Waals surface area contributed by atoms with E-state index in [-0.39, 0.29) is 22.9 Å². The first kappa shape index (κ1) is 19.2. The predicted molar refractivity (Wildman–Crippen MR) is 112 cm³/mol. The number of amidine groups is 1. The van der Waals surface area contributed by atoms with Crippen molar-refractivity contribution in [2.45, 2.75) is 32.2 Å². The highest BCUT2D eigenvalue weighted by Crippen LogP contribution is 2.55. The van der Waals surface area contributed by atoms with Crippen LogP contribution in [0.1, 0.15) is 30.5 Å². The Balaban J connectivity index is 1.85.